The van der Waals surface area contributed by atoms with Crippen LogP contribution in [0.25, 0.3) is 36.9 Å². The summed E-state index contributed by atoms with van der Waals surface area (Å²) in [6, 6.07) is 19.1. The molecule has 0 radical (unpaired) electrons. The van der Waals surface area contributed by atoms with Gasteiger partial charge < -0.3 is 0 Å². The minimum atomic E-state index is 1.05. The van der Waals surface area contributed by atoms with Crippen LogP contribution in [-0.2, 0) is 0 Å². The molecule has 0 amide bonds. The Kier molecular flexibility index (Phi) is 1.86. The number of pyridine rings is 1. The molecule has 0 N–H and O–H groups in total. The highest BCUT2D eigenvalue weighted by atomic mass is 32.1. The fourth-order valence-electron chi connectivity index (χ4n) is 2.88. The number of imidazole rings is 1. The van der Waals surface area contributed by atoms with Crippen molar-refractivity contribution >= 4 is 48.2 Å². The Morgan fingerprint density at radius 2 is 1.65 bits per heavy atom. The lowest BCUT2D eigenvalue weighted by atomic mass is 10.2. The second-order valence-electron chi connectivity index (χ2n) is 4.96. The molecule has 3 heteroatoms. The van der Waals surface area contributed by atoms with Crippen molar-refractivity contribution in [1.82, 2.24) is 9.38 Å². The van der Waals surface area contributed by atoms with Crippen molar-refractivity contribution in [3.63, 3.8) is 0 Å². The fourth-order valence-corrected chi connectivity index (χ4v) is 4.00. The van der Waals surface area contributed by atoms with Gasteiger partial charge in [-0.1, -0.05) is 42.5 Å². The van der Waals surface area contributed by atoms with Gasteiger partial charge in [0.05, 0.1) is 0 Å². The van der Waals surface area contributed by atoms with Gasteiger partial charge in [0.15, 0.2) is 0 Å². The van der Waals surface area contributed by atoms with Gasteiger partial charge in [-0.15, -0.1) is 11.3 Å². The molecule has 20 heavy (non-hydrogen) atoms. The number of nitrogens with zero attached hydrogens (tertiary/aromatic N) is 2. The third kappa shape index (κ3) is 1.20. The zero-order valence-corrected chi connectivity index (χ0v) is 11.4. The maximum Gasteiger partial charge on any atom is 0.146 e. The van der Waals surface area contributed by atoms with Crippen LogP contribution in [0.2, 0.25) is 0 Å². The van der Waals surface area contributed by atoms with Gasteiger partial charge in [0.1, 0.15) is 16.0 Å². The van der Waals surface area contributed by atoms with Crippen molar-refractivity contribution < 1.29 is 0 Å². The highest BCUT2D eigenvalue weighted by Gasteiger charge is 2.12. The lowest BCUT2D eigenvalue weighted by Gasteiger charge is -1.99. The molecule has 3 aromatic heterocycles. The molecule has 5 rings (SSSR count). The third-order valence-corrected chi connectivity index (χ3v) is 4.98. The van der Waals surface area contributed by atoms with Crippen molar-refractivity contribution in [2.45, 2.75) is 0 Å². The lowest BCUT2D eigenvalue weighted by Crippen LogP contribution is -1.84. The topological polar surface area (TPSA) is 17.3 Å². The first-order valence-electron chi connectivity index (χ1n) is 6.59. The van der Waals surface area contributed by atoms with Gasteiger partial charge in [-0.3, -0.25) is 4.40 Å². The van der Waals surface area contributed by atoms with Crippen LogP contribution in [-0.4, -0.2) is 9.38 Å². The van der Waals surface area contributed by atoms with E-state index in [4.69, 9.17) is 4.98 Å². The average Bonchev–Trinajstić information content (AvgIpc) is 3.03. The molecule has 5 aromatic rings. The average molecular weight is 274 g/mol. The molecule has 2 aromatic carbocycles. The van der Waals surface area contributed by atoms with E-state index in [-0.39, 0.29) is 0 Å². The molecule has 0 saturated carbocycles. The van der Waals surface area contributed by atoms with E-state index in [1.807, 2.05) is 0 Å². The zero-order chi connectivity index (χ0) is 13.1. The predicted octanol–water partition coefficient (Wildman–Crippen LogP) is 4.86. The Bertz CT molecular complexity index is 1100. The summed E-state index contributed by atoms with van der Waals surface area (Å²) in [4.78, 5) is 6.13. The van der Waals surface area contributed by atoms with E-state index in [1.165, 1.54) is 25.7 Å². The molecule has 0 unspecified atom stereocenters. The van der Waals surface area contributed by atoms with Crippen molar-refractivity contribution in [1.29, 1.82) is 0 Å². The van der Waals surface area contributed by atoms with Crippen molar-refractivity contribution in [3.8, 4) is 0 Å². The fraction of sp³-hybridized carbons (Fsp3) is 0. The number of thiophene rings is 1. The van der Waals surface area contributed by atoms with Gasteiger partial charge in [0.25, 0.3) is 0 Å². The van der Waals surface area contributed by atoms with E-state index in [0.29, 0.717) is 0 Å². The molecule has 3 heterocycles. The third-order valence-electron chi connectivity index (χ3n) is 3.82. The highest BCUT2D eigenvalue weighted by Crippen LogP contribution is 2.35. The van der Waals surface area contributed by atoms with Crippen LogP contribution in [0.3, 0.4) is 0 Å². The number of aromatic nitrogens is 2. The maximum atomic E-state index is 4.90. The summed E-state index contributed by atoms with van der Waals surface area (Å²) >= 11 is 1.81. The van der Waals surface area contributed by atoms with Crippen LogP contribution in [0, 0.1) is 0 Å². The van der Waals surface area contributed by atoms with Crippen LogP contribution in [0.5, 0.6) is 0 Å². The number of hydrogen-bond donors (Lipinski definition) is 0. The molecule has 0 bridgehead atoms. The van der Waals surface area contributed by atoms with Gasteiger partial charge in [-0.2, -0.15) is 0 Å². The summed E-state index contributed by atoms with van der Waals surface area (Å²) in [6.45, 7) is 0. The molecule has 0 saturated heterocycles. The van der Waals surface area contributed by atoms with Crippen LogP contribution in [0.15, 0.2) is 60.8 Å². The summed E-state index contributed by atoms with van der Waals surface area (Å²) in [7, 11) is 0. The van der Waals surface area contributed by atoms with E-state index in [1.54, 1.807) is 11.3 Å². The van der Waals surface area contributed by atoms with Gasteiger partial charge >= 0.3 is 0 Å². The van der Waals surface area contributed by atoms with Crippen molar-refractivity contribution in [3.05, 3.63) is 60.8 Å². The summed E-state index contributed by atoms with van der Waals surface area (Å²) in [5.41, 5.74) is 2.16. The molecule has 0 aliphatic carbocycles. The zero-order valence-electron chi connectivity index (χ0n) is 10.6. The number of fused-ring (bicyclic) bond motifs is 7. The lowest BCUT2D eigenvalue weighted by molar-refractivity contribution is 1.26. The van der Waals surface area contributed by atoms with Gasteiger partial charge in [0, 0.05) is 21.7 Å². The Hall–Kier alpha value is -2.39. The first kappa shape index (κ1) is 10.4. The molecule has 0 spiro atoms. The summed E-state index contributed by atoms with van der Waals surface area (Å²) in [5, 5.41) is 3.70. The summed E-state index contributed by atoms with van der Waals surface area (Å²) < 4.78 is 3.51. The molecule has 0 fully saturated rings. The molecule has 94 valence electrons. The van der Waals surface area contributed by atoms with Crippen LogP contribution < -0.4 is 0 Å². The van der Waals surface area contributed by atoms with Gasteiger partial charge in [-0.25, -0.2) is 4.98 Å². The molecular weight excluding hydrogens is 264 g/mol. The van der Waals surface area contributed by atoms with E-state index in [2.05, 4.69) is 65.2 Å². The predicted molar refractivity (Wildman–Crippen MR) is 85.6 cm³/mol. The van der Waals surface area contributed by atoms with Crippen LogP contribution in [0.4, 0.5) is 0 Å². The first-order chi connectivity index (χ1) is 9.92. The van der Waals surface area contributed by atoms with Gasteiger partial charge in [0.2, 0.25) is 0 Å². The normalized spacial score (nSPS) is 12.0. The Morgan fingerprint density at radius 3 is 2.60 bits per heavy atom. The molecule has 2 nitrogen and oxygen atoms in total. The molecule has 0 atom stereocenters. The van der Waals surface area contributed by atoms with Gasteiger partial charge in [-0.05, 0) is 17.5 Å². The maximum absolute atomic E-state index is 4.90. The standard InChI is InChI=1S/C17H10N2S/c1-2-6-12-11(5-1)9-10-19-16(12)18-15-13-7-3-4-8-14(13)20-17(15)19/h1-10H. The van der Waals surface area contributed by atoms with Crippen molar-refractivity contribution in [2.24, 2.45) is 0 Å². The SMILES string of the molecule is c1ccc2c(c1)ccn1c2nc2c3ccccc3sc21. The van der Waals surface area contributed by atoms with E-state index >= 15 is 0 Å². The second-order valence-corrected chi connectivity index (χ2v) is 5.99. The van der Waals surface area contributed by atoms with E-state index in [9.17, 15) is 0 Å². The highest BCUT2D eigenvalue weighted by molar-refractivity contribution is 7.25. The largest absolute Gasteiger partial charge is 0.291 e. The molecular formula is C17H10N2S. The minimum Gasteiger partial charge on any atom is -0.291 e. The number of benzene rings is 2. The molecule has 0 aliphatic rings. The molecule has 0 aliphatic heterocycles. The summed E-state index contributed by atoms with van der Waals surface area (Å²) in [5.74, 6) is 0. The summed E-state index contributed by atoms with van der Waals surface area (Å²) in [6.07, 6.45) is 2.13. The first-order valence-corrected chi connectivity index (χ1v) is 7.40. The number of rotatable bonds is 0. The smallest absolute Gasteiger partial charge is 0.146 e. The van der Waals surface area contributed by atoms with Crippen LogP contribution >= 0.6 is 11.3 Å². The Morgan fingerprint density at radius 1 is 0.850 bits per heavy atom. The van der Waals surface area contributed by atoms with Crippen molar-refractivity contribution in [2.75, 3.05) is 0 Å². The number of hydrogen-bond acceptors (Lipinski definition) is 2. The quantitative estimate of drug-likeness (QED) is 0.394. The second kappa shape index (κ2) is 3.58. The Labute approximate surface area is 118 Å². The minimum absolute atomic E-state index is 1.05. The van der Waals surface area contributed by atoms with E-state index in [0.717, 1.165) is 11.2 Å². The van der Waals surface area contributed by atoms with E-state index < -0.39 is 0 Å². The van der Waals surface area contributed by atoms with Crippen LogP contribution in [0.1, 0.15) is 0 Å². The monoisotopic (exact) mass is 274 g/mol. The Balaban J connectivity index is 2.08.